The fraction of sp³-hybridized carbons (Fsp3) is 0.269. The Labute approximate surface area is 201 Å². The van der Waals surface area contributed by atoms with Crippen LogP contribution in [-0.4, -0.2) is 34.8 Å². The van der Waals surface area contributed by atoms with Gasteiger partial charge in [-0.15, -0.1) is 0 Å². The Balaban J connectivity index is 1.44. The summed E-state index contributed by atoms with van der Waals surface area (Å²) in [5.74, 6) is -0.454. The third-order valence-corrected chi connectivity index (χ3v) is 6.38. The van der Waals surface area contributed by atoms with E-state index >= 15 is 0 Å². The molecule has 2 amide bonds. The van der Waals surface area contributed by atoms with E-state index < -0.39 is 0 Å². The van der Waals surface area contributed by atoms with Crippen molar-refractivity contribution in [2.24, 2.45) is 0 Å². The zero-order valence-corrected chi connectivity index (χ0v) is 19.9. The van der Waals surface area contributed by atoms with Crippen molar-refractivity contribution in [2.45, 2.75) is 32.2 Å². The lowest BCUT2D eigenvalue weighted by molar-refractivity contribution is 0.0710. The zero-order valence-electron chi connectivity index (χ0n) is 18.4. The first-order valence-electron chi connectivity index (χ1n) is 11.0. The molecule has 0 bridgehead atoms. The number of amides is 2. The SMILES string of the molecule is Cc1ccc(C(=O)NCc2cccc(F)c2)c(C2CCN(C(=O)c3cccc(Br)c3)CC2)n1. The van der Waals surface area contributed by atoms with E-state index in [1.54, 1.807) is 18.2 Å². The Bertz CT molecular complexity index is 1180. The van der Waals surface area contributed by atoms with E-state index in [4.69, 9.17) is 4.98 Å². The van der Waals surface area contributed by atoms with Gasteiger partial charge in [0.2, 0.25) is 0 Å². The molecule has 4 rings (SSSR count). The molecular formula is C26H25BrFN3O2. The lowest BCUT2D eigenvalue weighted by atomic mass is 9.89. The van der Waals surface area contributed by atoms with Gasteiger partial charge >= 0.3 is 0 Å². The predicted molar refractivity (Wildman–Crippen MR) is 129 cm³/mol. The third kappa shape index (κ3) is 5.66. The van der Waals surface area contributed by atoms with E-state index in [9.17, 15) is 14.0 Å². The zero-order chi connectivity index (χ0) is 23.4. The number of hydrogen-bond acceptors (Lipinski definition) is 3. The summed E-state index contributed by atoms with van der Waals surface area (Å²) in [7, 11) is 0. The number of hydrogen-bond donors (Lipinski definition) is 1. The molecule has 1 saturated heterocycles. The average molecular weight is 510 g/mol. The number of carbonyl (C=O) groups is 2. The first-order valence-corrected chi connectivity index (χ1v) is 11.7. The number of piperidine rings is 1. The molecule has 5 nitrogen and oxygen atoms in total. The summed E-state index contributed by atoms with van der Waals surface area (Å²) in [6.45, 7) is 3.36. The molecule has 3 aromatic rings. The molecular weight excluding hydrogens is 485 g/mol. The highest BCUT2D eigenvalue weighted by atomic mass is 79.9. The Hall–Kier alpha value is -3.06. The number of carbonyl (C=O) groups excluding carboxylic acids is 2. The number of benzene rings is 2. The van der Waals surface area contributed by atoms with Gasteiger partial charge in [-0.2, -0.15) is 0 Å². The molecule has 0 saturated carbocycles. The molecule has 33 heavy (non-hydrogen) atoms. The van der Waals surface area contributed by atoms with Gasteiger partial charge in [-0.05, 0) is 67.8 Å². The molecule has 1 aliphatic rings. The van der Waals surface area contributed by atoms with E-state index in [1.807, 2.05) is 42.2 Å². The lowest BCUT2D eigenvalue weighted by Gasteiger charge is -2.32. The molecule has 0 radical (unpaired) electrons. The van der Waals surface area contributed by atoms with Gasteiger partial charge in [0, 0.05) is 41.3 Å². The molecule has 0 unspecified atom stereocenters. The molecule has 2 heterocycles. The van der Waals surface area contributed by atoms with Crippen molar-refractivity contribution in [3.63, 3.8) is 0 Å². The first-order chi connectivity index (χ1) is 15.9. The van der Waals surface area contributed by atoms with Crippen LogP contribution in [0.4, 0.5) is 4.39 Å². The van der Waals surface area contributed by atoms with Crippen LogP contribution in [0.2, 0.25) is 0 Å². The van der Waals surface area contributed by atoms with E-state index in [0.29, 0.717) is 29.8 Å². The second-order valence-electron chi connectivity index (χ2n) is 8.27. The minimum Gasteiger partial charge on any atom is -0.348 e. The first kappa shape index (κ1) is 23.1. The average Bonchev–Trinajstić information content (AvgIpc) is 2.82. The van der Waals surface area contributed by atoms with E-state index in [-0.39, 0.29) is 30.1 Å². The molecule has 1 aromatic heterocycles. The lowest BCUT2D eigenvalue weighted by Crippen LogP contribution is -2.38. The van der Waals surface area contributed by atoms with Crippen LogP contribution in [0.3, 0.4) is 0 Å². The van der Waals surface area contributed by atoms with E-state index in [1.165, 1.54) is 12.1 Å². The monoisotopic (exact) mass is 509 g/mol. The summed E-state index contributed by atoms with van der Waals surface area (Å²) in [5.41, 5.74) is 3.51. The normalized spacial score (nSPS) is 14.2. The molecule has 0 atom stereocenters. The number of aryl methyl sites for hydroxylation is 1. The quantitative estimate of drug-likeness (QED) is 0.511. The summed E-state index contributed by atoms with van der Waals surface area (Å²) >= 11 is 3.42. The summed E-state index contributed by atoms with van der Waals surface area (Å²) < 4.78 is 14.3. The molecule has 170 valence electrons. The van der Waals surface area contributed by atoms with Gasteiger partial charge in [0.25, 0.3) is 11.8 Å². The number of nitrogens with zero attached hydrogens (tertiary/aromatic N) is 2. The van der Waals surface area contributed by atoms with Gasteiger partial charge in [0.05, 0.1) is 11.3 Å². The van der Waals surface area contributed by atoms with E-state index in [2.05, 4.69) is 21.2 Å². The topological polar surface area (TPSA) is 62.3 Å². The van der Waals surface area contributed by atoms with Crippen molar-refractivity contribution in [1.82, 2.24) is 15.2 Å². The van der Waals surface area contributed by atoms with Crippen molar-refractivity contribution in [1.29, 1.82) is 0 Å². The number of halogens is 2. The Kier molecular flexibility index (Phi) is 7.18. The Morgan fingerprint density at radius 3 is 2.58 bits per heavy atom. The Morgan fingerprint density at radius 2 is 1.85 bits per heavy atom. The van der Waals surface area contributed by atoms with Crippen LogP contribution < -0.4 is 5.32 Å². The molecule has 1 aliphatic heterocycles. The van der Waals surface area contributed by atoms with Crippen molar-refractivity contribution in [2.75, 3.05) is 13.1 Å². The van der Waals surface area contributed by atoms with Crippen LogP contribution in [0, 0.1) is 12.7 Å². The summed E-state index contributed by atoms with van der Waals surface area (Å²) in [4.78, 5) is 32.4. The van der Waals surface area contributed by atoms with Crippen molar-refractivity contribution < 1.29 is 14.0 Å². The van der Waals surface area contributed by atoms with Crippen LogP contribution in [0.15, 0.2) is 65.1 Å². The van der Waals surface area contributed by atoms with Gasteiger partial charge in [-0.3, -0.25) is 14.6 Å². The van der Waals surface area contributed by atoms with Crippen molar-refractivity contribution >= 4 is 27.7 Å². The summed E-state index contributed by atoms with van der Waals surface area (Å²) in [5, 5.41) is 2.88. The highest BCUT2D eigenvalue weighted by Gasteiger charge is 2.28. The minimum atomic E-state index is -0.330. The van der Waals surface area contributed by atoms with Crippen LogP contribution in [-0.2, 0) is 6.54 Å². The molecule has 7 heteroatoms. The summed E-state index contributed by atoms with van der Waals surface area (Å²) in [6, 6.07) is 17.2. The van der Waals surface area contributed by atoms with Crippen LogP contribution >= 0.6 is 15.9 Å². The number of nitrogens with one attached hydrogen (secondary N) is 1. The molecule has 0 spiro atoms. The number of likely N-dealkylation sites (tertiary alicyclic amines) is 1. The minimum absolute atomic E-state index is 0.0139. The standard InChI is InChI=1S/C26H25BrFN3O2/c1-17-8-9-23(25(32)29-16-18-4-2-7-22(28)14-18)24(30-17)19-10-12-31(13-11-19)26(33)20-5-3-6-21(27)15-20/h2-9,14-15,19H,10-13,16H2,1H3,(H,29,32). The second-order valence-corrected chi connectivity index (χ2v) is 9.19. The molecule has 1 fully saturated rings. The fourth-order valence-corrected chi connectivity index (χ4v) is 4.56. The van der Waals surface area contributed by atoms with Gasteiger partial charge in [-0.25, -0.2) is 4.39 Å². The van der Waals surface area contributed by atoms with Crippen LogP contribution in [0.1, 0.15) is 56.4 Å². The van der Waals surface area contributed by atoms with Crippen LogP contribution in [0.25, 0.3) is 0 Å². The highest BCUT2D eigenvalue weighted by Crippen LogP contribution is 2.30. The van der Waals surface area contributed by atoms with Gasteiger partial charge in [0.1, 0.15) is 5.82 Å². The maximum Gasteiger partial charge on any atom is 0.253 e. The van der Waals surface area contributed by atoms with E-state index in [0.717, 1.165) is 28.7 Å². The number of aromatic nitrogens is 1. The second kappa shape index (κ2) is 10.3. The van der Waals surface area contributed by atoms with Crippen molar-refractivity contribution in [3.05, 3.63) is 99.0 Å². The molecule has 1 N–H and O–H groups in total. The third-order valence-electron chi connectivity index (χ3n) is 5.89. The van der Waals surface area contributed by atoms with Gasteiger partial charge < -0.3 is 10.2 Å². The smallest absolute Gasteiger partial charge is 0.253 e. The molecule has 0 aliphatic carbocycles. The van der Waals surface area contributed by atoms with Crippen LogP contribution in [0.5, 0.6) is 0 Å². The number of rotatable bonds is 5. The van der Waals surface area contributed by atoms with Crippen molar-refractivity contribution in [3.8, 4) is 0 Å². The molecule has 2 aromatic carbocycles. The maximum atomic E-state index is 13.4. The number of pyridine rings is 1. The largest absolute Gasteiger partial charge is 0.348 e. The van der Waals surface area contributed by atoms with Gasteiger partial charge in [0.15, 0.2) is 0 Å². The van der Waals surface area contributed by atoms with Gasteiger partial charge in [-0.1, -0.05) is 34.1 Å². The predicted octanol–water partition coefficient (Wildman–Crippen LogP) is 5.24. The highest BCUT2D eigenvalue weighted by molar-refractivity contribution is 9.10. The summed E-state index contributed by atoms with van der Waals surface area (Å²) in [6.07, 6.45) is 1.47. The fourth-order valence-electron chi connectivity index (χ4n) is 4.16. The maximum absolute atomic E-state index is 13.4. The Morgan fingerprint density at radius 1 is 1.09 bits per heavy atom.